The van der Waals surface area contributed by atoms with E-state index in [9.17, 15) is 4.79 Å². The fourth-order valence-corrected chi connectivity index (χ4v) is 4.79. The summed E-state index contributed by atoms with van der Waals surface area (Å²) in [6, 6.07) is 4.45. The molecule has 0 atom stereocenters. The summed E-state index contributed by atoms with van der Waals surface area (Å²) >= 11 is 3.64. The number of hydrogen-bond donors (Lipinski definition) is 4. The van der Waals surface area contributed by atoms with Crippen LogP contribution in [0.3, 0.4) is 0 Å². The highest BCUT2D eigenvalue weighted by Crippen LogP contribution is 2.35. The van der Waals surface area contributed by atoms with Crippen LogP contribution in [0.15, 0.2) is 16.6 Å². The first kappa shape index (κ1) is 22.9. The molecule has 5 N–H and O–H groups in total. The minimum absolute atomic E-state index is 0.164. The van der Waals surface area contributed by atoms with Gasteiger partial charge in [0.25, 0.3) is 5.91 Å². The Hall–Kier alpha value is -2.30. The van der Waals surface area contributed by atoms with Gasteiger partial charge in [-0.2, -0.15) is 4.98 Å². The molecule has 1 fully saturated rings. The summed E-state index contributed by atoms with van der Waals surface area (Å²) in [7, 11) is 0. The van der Waals surface area contributed by atoms with Gasteiger partial charge in [0.1, 0.15) is 5.75 Å². The van der Waals surface area contributed by atoms with Gasteiger partial charge in [-0.25, -0.2) is 0 Å². The molecule has 4 rings (SSSR count). The number of carbonyl (C=O) groups is 1. The predicted octanol–water partition coefficient (Wildman–Crippen LogP) is 2.34. The van der Waals surface area contributed by atoms with Crippen LogP contribution in [-0.4, -0.2) is 61.0 Å². The number of ether oxygens (including phenoxy) is 2. The Labute approximate surface area is 196 Å². The molecule has 0 bridgehead atoms. The largest absolute Gasteiger partial charge is 0.492 e. The zero-order valence-electron chi connectivity index (χ0n) is 18.4. The van der Waals surface area contributed by atoms with Gasteiger partial charge in [0, 0.05) is 45.3 Å². The van der Waals surface area contributed by atoms with E-state index in [-0.39, 0.29) is 11.9 Å². The van der Waals surface area contributed by atoms with Crippen molar-refractivity contribution in [3.05, 3.63) is 33.4 Å². The first-order valence-electron chi connectivity index (χ1n) is 11.2. The molecule has 174 valence electrons. The number of nitrogens with one attached hydrogen (secondary N) is 3. The topological polar surface area (TPSA) is 115 Å². The Morgan fingerprint density at radius 3 is 2.88 bits per heavy atom. The zero-order valence-corrected chi connectivity index (χ0v) is 20.0. The van der Waals surface area contributed by atoms with E-state index in [1.165, 1.54) is 5.56 Å². The van der Waals surface area contributed by atoms with Crippen LogP contribution >= 0.6 is 15.9 Å². The molecule has 10 heteroatoms. The second kappa shape index (κ2) is 10.5. The van der Waals surface area contributed by atoms with E-state index in [4.69, 9.17) is 20.2 Å². The molecule has 1 aromatic carbocycles. The number of benzene rings is 1. The van der Waals surface area contributed by atoms with Crippen molar-refractivity contribution in [2.24, 2.45) is 5.73 Å². The molecular weight excluding hydrogens is 476 g/mol. The fraction of sp³-hybridized carbons (Fsp3) is 0.545. The van der Waals surface area contributed by atoms with Crippen molar-refractivity contribution < 1.29 is 14.3 Å². The number of rotatable bonds is 9. The Kier molecular flexibility index (Phi) is 7.54. The van der Waals surface area contributed by atoms with Crippen LogP contribution in [0, 0.1) is 0 Å². The number of fused-ring (bicyclic) bond motifs is 1. The van der Waals surface area contributed by atoms with Crippen molar-refractivity contribution in [1.82, 2.24) is 14.9 Å². The van der Waals surface area contributed by atoms with Crippen molar-refractivity contribution in [3.8, 4) is 5.75 Å². The van der Waals surface area contributed by atoms with Gasteiger partial charge in [0.05, 0.1) is 17.6 Å². The smallest absolute Gasteiger partial charge is 0.271 e. The highest BCUT2D eigenvalue weighted by molar-refractivity contribution is 9.10. The summed E-state index contributed by atoms with van der Waals surface area (Å²) < 4.78 is 14.1. The maximum atomic E-state index is 13.1. The van der Waals surface area contributed by atoms with Crippen LogP contribution in [0.4, 0.5) is 11.8 Å². The van der Waals surface area contributed by atoms with E-state index in [0.717, 1.165) is 48.3 Å². The third-order valence-corrected chi connectivity index (χ3v) is 6.24. The van der Waals surface area contributed by atoms with Crippen LogP contribution in [0.5, 0.6) is 5.75 Å². The van der Waals surface area contributed by atoms with Crippen molar-refractivity contribution in [2.45, 2.75) is 38.8 Å². The number of nitrogens with zero attached hydrogens (tertiary/aromatic N) is 2. The summed E-state index contributed by atoms with van der Waals surface area (Å²) in [5.41, 5.74) is 8.46. The van der Waals surface area contributed by atoms with Gasteiger partial charge < -0.3 is 31.2 Å². The Morgan fingerprint density at radius 1 is 1.31 bits per heavy atom. The summed E-state index contributed by atoms with van der Waals surface area (Å²) in [6.45, 7) is 6.05. The molecule has 0 spiro atoms. The van der Waals surface area contributed by atoms with Crippen molar-refractivity contribution >= 4 is 33.6 Å². The lowest BCUT2D eigenvalue weighted by molar-refractivity contribution is 0.0901. The van der Waals surface area contributed by atoms with E-state index in [0.29, 0.717) is 50.2 Å². The summed E-state index contributed by atoms with van der Waals surface area (Å²) in [6.07, 6.45) is 2.68. The molecule has 1 amide bonds. The number of anilines is 2. The lowest BCUT2D eigenvalue weighted by Gasteiger charge is -2.24. The predicted molar refractivity (Wildman–Crippen MR) is 128 cm³/mol. The molecule has 1 aromatic heterocycles. The van der Waals surface area contributed by atoms with Gasteiger partial charge in [0.15, 0.2) is 11.5 Å². The second-order valence-electron chi connectivity index (χ2n) is 7.99. The summed E-state index contributed by atoms with van der Waals surface area (Å²) in [5, 5.41) is 9.71. The molecular formula is C22H31BrN6O3. The summed E-state index contributed by atoms with van der Waals surface area (Å²) in [5.74, 6) is 1.96. The lowest BCUT2D eigenvalue weighted by Crippen LogP contribution is -2.30. The molecule has 0 unspecified atom stereocenters. The van der Waals surface area contributed by atoms with Gasteiger partial charge in [-0.1, -0.05) is 6.07 Å². The van der Waals surface area contributed by atoms with E-state index in [1.54, 1.807) is 0 Å². The highest BCUT2D eigenvalue weighted by atomic mass is 79.9. The number of halogens is 1. The molecule has 0 aliphatic carbocycles. The molecule has 32 heavy (non-hydrogen) atoms. The van der Waals surface area contributed by atoms with Crippen LogP contribution in [-0.2, 0) is 17.7 Å². The number of carbonyl (C=O) groups excluding carboxylic acids is 1. The minimum atomic E-state index is -0.164. The molecule has 0 saturated carbocycles. The van der Waals surface area contributed by atoms with Gasteiger partial charge in [-0.05, 0) is 52.9 Å². The van der Waals surface area contributed by atoms with Gasteiger partial charge >= 0.3 is 0 Å². The lowest BCUT2D eigenvalue weighted by atomic mass is 10.1. The van der Waals surface area contributed by atoms with Gasteiger partial charge in [0.2, 0.25) is 5.95 Å². The SMILES string of the molecule is CCNC(=O)c1c(NCCN)nc(NC2CCOCC2)n1Cc1cc(Br)c2c(c1)CCO2. The molecule has 2 aromatic rings. The van der Waals surface area contributed by atoms with E-state index >= 15 is 0 Å². The first-order chi connectivity index (χ1) is 15.6. The quantitative estimate of drug-likeness (QED) is 0.412. The summed E-state index contributed by atoms with van der Waals surface area (Å²) in [4.78, 5) is 17.9. The Balaban J connectivity index is 1.73. The monoisotopic (exact) mass is 506 g/mol. The number of nitrogens with two attached hydrogens (primary N) is 1. The van der Waals surface area contributed by atoms with E-state index in [2.05, 4.69) is 44.0 Å². The van der Waals surface area contributed by atoms with Crippen LogP contribution in [0.2, 0.25) is 0 Å². The average molecular weight is 507 g/mol. The average Bonchev–Trinajstić information content (AvgIpc) is 3.38. The molecule has 0 radical (unpaired) electrons. The normalized spacial score (nSPS) is 15.8. The molecule has 2 aliphatic rings. The van der Waals surface area contributed by atoms with Crippen molar-refractivity contribution in [2.75, 3.05) is 50.1 Å². The third-order valence-electron chi connectivity index (χ3n) is 5.65. The number of hydrogen-bond acceptors (Lipinski definition) is 7. The van der Waals surface area contributed by atoms with E-state index < -0.39 is 0 Å². The Bertz CT molecular complexity index is 958. The first-order valence-corrected chi connectivity index (χ1v) is 12.0. The minimum Gasteiger partial charge on any atom is -0.492 e. The number of aromatic nitrogens is 2. The van der Waals surface area contributed by atoms with Gasteiger partial charge in [-0.15, -0.1) is 0 Å². The molecule has 9 nitrogen and oxygen atoms in total. The van der Waals surface area contributed by atoms with Crippen molar-refractivity contribution in [1.29, 1.82) is 0 Å². The second-order valence-corrected chi connectivity index (χ2v) is 8.84. The van der Waals surface area contributed by atoms with Crippen LogP contribution in [0.25, 0.3) is 0 Å². The van der Waals surface area contributed by atoms with Crippen LogP contribution < -0.4 is 26.4 Å². The maximum absolute atomic E-state index is 13.1. The fourth-order valence-electron chi connectivity index (χ4n) is 4.13. The number of imidazole rings is 1. The highest BCUT2D eigenvalue weighted by Gasteiger charge is 2.26. The Morgan fingerprint density at radius 2 is 2.12 bits per heavy atom. The third kappa shape index (κ3) is 5.02. The van der Waals surface area contributed by atoms with Crippen molar-refractivity contribution in [3.63, 3.8) is 0 Å². The standard InChI is InChI=1S/C22H31BrN6O3/c1-2-25-21(30)18-20(26-7-6-24)28-22(27-16-4-8-31-9-5-16)29(18)13-14-11-15-3-10-32-19(15)17(23)12-14/h11-12,16,26H,2-10,13,24H2,1H3,(H,25,30)(H,27,28). The van der Waals surface area contributed by atoms with Gasteiger partial charge in [-0.3, -0.25) is 9.36 Å². The maximum Gasteiger partial charge on any atom is 0.271 e. The van der Waals surface area contributed by atoms with E-state index in [1.807, 2.05) is 11.5 Å². The molecule has 3 heterocycles. The van der Waals surface area contributed by atoms with Crippen LogP contribution in [0.1, 0.15) is 41.4 Å². The molecule has 1 saturated heterocycles. The zero-order chi connectivity index (χ0) is 22.5. The number of amides is 1. The molecule has 2 aliphatic heterocycles.